The standard InChI is InChI=1S/C16H23NO3/c1-12-4-6-14(7-5-12)20-9-8-17-10-13(2)15(11-17)16(18)19-3/h4-7,13,15H,8-11H2,1-3H3. The average Bonchev–Trinajstić information content (AvgIpc) is 2.81. The minimum Gasteiger partial charge on any atom is -0.492 e. The second-order valence-corrected chi connectivity index (χ2v) is 5.53. The predicted octanol–water partition coefficient (Wildman–Crippen LogP) is 2.11. The smallest absolute Gasteiger partial charge is 0.310 e. The van der Waals surface area contributed by atoms with Gasteiger partial charge in [-0.25, -0.2) is 0 Å². The van der Waals surface area contributed by atoms with E-state index in [1.807, 2.05) is 24.3 Å². The van der Waals surface area contributed by atoms with Crippen molar-refractivity contribution in [3.05, 3.63) is 29.8 Å². The van der Waals surface area contributed by atoms with Gasteiger partial charge in [-0.1, -0.05) is 24.6 Å². The number of carbonyl (C=O) groups excluding carboxylic acids is 1. The molecule has 20 heavy (non-hydrogen) atoms. The molecule has 0 aromatic heterocycles. The lowest BCUT2D eigenvalue weighted by molar-refractivity contribution is -0.146. The Morgan fingerprint density at radius 2 is 2.00 bits per heavy atom. The van der Waals surface area contributed by atoms with E-state index < -0.39 is 0 Å². The molecule has 4 nitrogen and oxygen atoms in total. The average molecular weight is 277 g/mol. The van der Waals surface area contributed by atoms with Crippen LogP contribution in [0.1, 0.15) is 12.5 Å². The summed E-state index contributed by atoms with van der Waals surface area (Å²) in [4.78, 5) is 13.9. The van der Waals surface area contributed by atoms with Crippen LogP contribution in [-0.4, -0.2) is 44.2 Å². The fourth-order valence-corrected chi connectivity index (χ4v) is 2.64. The van der Waals surface area contributed by atoms with Crippen LogP contribution in [0.2, 0.25) is 0 Å². The third-order valence-corrected chi connectivity index (χ3v) is 3.89. The predicted molar refractivity (Wildman–Crippen MR) is 77.8 cm³/mol. The van der Waals surface area contributed by atoms with E-state index in [-0.39, 0.29) is 11.9 Å². The molecular weight excluding hydrogens is 254 g/mol. The molecular formula is C16H23NO3. The van der Waals surface area contributed by atoms with Gasteiger partial charge in [0.2, 0.25) is 0 Å². The monoisotopic (exact) mass is 277 g/mol. The van der Waals surface area contributed by atoms with Gasteiger partial charge in [-0.2, -0.15) is 0 Å². The van der Waals surface area contributed by atoms with Crippen molar-refractivity contribution in [1.29, 1.82) is 0 Å². The summed E-state index contributed by atoms with van der Waals surface area (Å²) in [5, 5.41) is 0. The molecule has 1 aliphatic heterocycles. The van der Waals surface area contributed by atoms with Crippen LogP contribution in [0.15, 0.2) is 24.3 Å². The highest BCUT2D eigenvalue weighted by Crippen LogP contribution is 2.23. The minimum absolute atomic E-state index is 0.000579. The summed E-state index contributed by atoms with van der Waals surface area (Å²) in [5.74, 6) is 1.15. The Kier molecular flexibility index (Phi) is 5.01. The highest BCUT2D eigenvalue weighted by Gasteiger charge is 2.35. The fraction of sp³-hybridized carbons (Fsp3) is 0.562. The molecule has 1 fully saturated rings. The maximum atomic E-state index is 11.6. The summed E-state index contributed by atoms with van der Waals surface area (Å²) < 4.78 is 10.6. The first-order valence-electron chi connectivity index (χ1n) is 7.10. The van der Waals surface area contributed by atoms with E-state index in [1.54, 1.807) is 0 Å². The largest absolute Gasteiger partial charge is 0.492 e. The van der Waals surface area contributed by atoms with E-state index in [4.69, 9.17) is 9.47 Å². The lowest BCUT2D eigenvalue weighted by Crippen LogP contribution is -2.28. The van der Waals surface area contributed by atoms with Crippen LogP contribution in [0, 0.1) is 18.8 Å². The van der Waals surface area contributed by atoms with E-state index in [2.05, 4.69) is 18.7 Å². The molecule has 2 rings (SSSR count). The number of carbonyl (C=O) groups is 1. The SMILES string of the molecule is COC(=O)C1CN(CCOc2ccc(C)cc2)CC1C. The molecule has 1 aromatic carbocycles. The summed E-state index contributed by atoms with van der Waals surface area (Å²) >= 11 is 0. The summed E-state index contributed by atoms with van der Waals surface area (Å²) in [6.07, 6.45) is 0. The molecule has 2 atom stereocenters. The first-order valence-corrected chi connectivity index (χ1v) is 7.10. The molecule has 1 aromatic rings. The van der Waals surface area contributed by atoms with Gasteiger partial charge in [-0.3, -0.25) is 9.69 Å². The lowest BCUT2D eigenvalue weighted by Gasteiger charge is -2.15. The second-order valence-electron chi connectivity index (χ2n) is 5.53. The third kappa shape index (κ3) is 3.73. The van der Waals surface area contributed by atoms with Gasteiger partial charge in [0, 0.05) is 19.6 Å². The quantitative estimate of drug-likeness (QED) is 0.773. The molecule has 110 valence electrons. The zero-order valence-corrected chi connectivity index (χ0v) is 12.5. The number of benzene rings is 1. The number of hydrogen-bond donors (Lipinski definition) is 0. The lowest BCUT2D eigenvalue weighted by atomic mass is 9.99. The maximum absolute atomic E-state index is 11.6. The molecule has 4 heteroatoms. The molecule has 0 N–H and O–H groups in total. The van der Waals surface area contributed by atoms with Crippen molar-refractivity contribution in [1.82, 2.24) is 4.90 Å². The Labute approximate surface area is 120 Å². The molecule has 0 amide bonds. The highest BCUT2D eigenvalue weighted by atomic mass is 16.5. The van der Waals surface area contributed by atoms with Crippen LogP contribution in [0.3, 0.4) is 0 Å². The van der Waals surface area contributed by atoms with Gasteiger partial charge in [0.15, 0.2) is 0 Å². The Bertz CT molecular complexity index is 444. The van der Waals surface area contributed by atoms with Crippen LogP contribution in [0.5, 0.6) is 5.75 Å². The molecule has 2 unspecified atom stereocenters. The van der Waals surface area contributed by atoms with Gasteiger partial charge in [0.25, 0.3) is 0 Å². The number of hydrogen-bond acceptors (Lipinski definition) is 4. The van der Waals surface area contributed by atoms with Crippen molar-refractivity contribution >= 4 is 5.97 Å². The Morgan fingerprint density at radius 1 is 1.30 bits per heavy atom. The van der Waals surface area contributed by atoms with E-state index in [1.165, 1.54) is 12.7 Å². The normalized spacial score (nSPS) is 22.8. The topological polar surface area (TPSA) is 38.8 Å². The molecule has 0 spiro atoms. The molecule has 0 saturated carbocycles. The Morgan fingerprint density at radius 3 is 2.65 bits per heavy atom. The van der Waals surface area contributed by atoms with Crippen LogP contribution >= 0.6 is 0 Å². The van der Waals surface area contributed by atoms with E-state index >= 15 is 0 Å². The number of ether oxygens (including phenoxy) is 2. The number of nitrogens with zero attached hydrogens (tertiary/aromatic N) is 1. The highest BCUT2D eigenvalue weighted by molar-refractivity contribution is 5.73. The van der Waals surface area contributed by atoms with Crippen LogP contribution < -0.4 is 4.74 Å². The van der Waals surface area contributed by atoms with Crippen molar-refractivity contribution < 1.29 is 14.3 Å². The summed E-state index contributed by atoms with van der Waals surface area (Å²) in [6.45, 7) is 7.34. The van der Waals surface area contributed by atoms with E-state index in [0.29, 0.717) is 12.5 Å². The Hall–Kier alpha value is -1.55. The van der Waals surface area contributed by atoms with Gasteiger partial charge in [0.05, 0.1) is 13.0 Å². The van der Waals surface area contributed by atoms with E-state index in [0.717, 1.165) is 25.4 Å². The number of likely N-dealkylation sites (tertiary alicyclic amines) is 1. The minimum atomic E-state index is -0.0977. The van der Waals surface area contributed by atoms with Gasteiger partial charge in [-0.15, -0.1) is 0 Å². The number of rotatable bonds is 5. The molecule has 1 saturated heterocycles. The number of aryl methyl sites for hydroxylation is 1. The molecule has 0 bridgehead atoms. The zero-order valence-electron chi connectivity index (χ0n) is 12.5. The van der Waals surface area contributed by atoms with Crippen LogP contribution in [0.25, 0.3) is 0 Å². The maximum Gasteiger partial charge on any atom is 0.310 e. The van der Waals surface area contributed by atoms with Crippen LogP contribution in [0.4, 0.5) is 0 Å². The van der Waals surface area contributed by atoms with Gasteiger partial charge in [-0.05, 0) is 25.0 Å². The number of methoxy groups -OCH3 is 1. The van der Waals surface area contributed by atoms with E-state index in [9.17, 15) is 4.79 Å². The van der Waals surface area contributed by atoms with Crippen molar-refractivity contribution in [2.24, 2.45) is 11.8 Å². The first kappa shape index (κ1) is 14.9. The van der Waals surface area contributed by atoms with Crippen molar-refractivity contribution in [3.8, 4) is 5.75 Å². The molecule has 0 aliphatic carbocycles. The zero-order chi connectivity index (χ0) is 14.5. The summed E-state index contributed by atoms with van der Waals surface area (Å²) in [5.41, 5.74) is 1.23. The summed E-state index contributed by atoms with van der Waals surface area (Å²) in [6, 6.07) is 8.06. The fourth-order valence-electron chi connectivity index (χ4n) is 2.64. The summed E-state index contributed by atoms with van der Waals surface area (Å²) in [7, 11) is 1.46. The molecule has 0 radical (unpaired) electrons. The molecule has 1 aliphatic rings. The van der Waals surface area contributed by atoms with Gasteiger partial charge >= 0.3 is 5.97 Å². The van der Waals surface area contributed by atoms with Gasteiger partial charge in [0.1, 0.15) is 12.4 Å². The van der Waals surface area contributed by atoms with Gasteiger partial charge < -0.3 is 9.47 Å². The number of esters is 1. The first-order chi connectivity index (χ1) is 9.60. The molecule has 1 heterocycles. The van der Waals surface area contributed by atoms with Crippen molar-refractivity contribution in [2.75, 3.05) is 33.4 Å². The van der Waals surface area contributed by atoms with Crippen molar-refractivity contribution in [2.45, 2.75) is 13.8 Å². The third-order valence-electron chi connectivity index (χ3n) is 3.89. The van der Waals surface area contributed by atoms with Crippen molar-refractivity contribution in [3.63, 3.8) is 0 Å². The Balaban J connectivity index is 1.75. The van der Waals surface area contributed by atoms with Crippen LogP contribution in [-0.2, 0) is 9.53 Å². The second kappa shape index (κ2) is 6.75.